The minimum absolute atomic E-state index is 0.0698. The minimum atomic E-state index is -4.77. The van der Waals surface area contributed by atoms with Crippen LogP contribution in [0.1, 0.15) is 18.1 Å². The molecule has 0 saturated carbocycles. The molecule has 0 radical (unpaired) electrons. The van der Waals surface area contributed by atoms with E-state index in [0.717, 1.165) is 12.1 Å². The highest BCUT2D eigenvalue weighted by atomic mass is 35.5. The van der Waals surface area contributed by atoms with E-state index in [1.54, 1.807) is 13.0 Å². The summed E-state index contributed by atoms with van der Waals surface area (Å²) in [5, 5.41) is 8.63. The Morgan fingerprint density at radius 1 is 1.43 bits per heavy atom. The van der Waals surface area contributed by atoms with Crippen molar-refractivity contribution in [3.05, 3.63) is 29.3 Å². The molecule has 0 bridgehead atoms. The molecule has 0 amide bonds. The van der Waals surface area contributed by atoms with Gasteiger partial charge in [0.15, 0.2) is 0 Å². The van der Waals surface area contributed by atoms with Gasteiger partial charge in [-0.15, -0.1) is 11.6 Å². The third-order valence-electron chi connectivity index (χ3n) is 2.49. The fourth-order valence-electron chi connectivity index (χ4n) is 1.57. The first-order valence-electron chi connectivity index (χ1n) is 5.77. The summed E-state index contributed by atoms with van der Waals surface area (Å²) >= 11 is 5.50. The maximum Gasteiger partial charge on any atom is 0.418 e. The zero-order chi connectivity index (χ0) is 16.3. The predicted molar refractivity (Wildman–Crippen MR) is 73.5 cm³/mol. The Bertz CT molecular complexity index is 653. The molecule has 9 heteroatoms. The summed E-state index contributed by atoms with van der Waals surface area (Å²) in [4.78, 5) is 0. The molecule has 0 aliphatic rings. The van der Waals surface area contributed by atoms with Gasteiger partial charge in [-0.25, -0.2) is 8.42 Å². The molecular formula is C12H12ClF3N2O2S. The molecule has 0 aliphatic heterocycles. The third kappa shape index (κ3) is 5.10. The number of sulfonamides is 1. The smallest absolute Gasteiger partial charge is 0.283 e. The molecule has 116 valence electrons. The van der Waals surface area contributed by atoms with Crippen LogP contribution < -0.4 is 4.72 Å². The molecule has 0 spiro atoms. The van der Waals surface area contributed by atoms with Crippen LogP contribution in [0.15, 0.2) is 18.2 Å². The second kappa shape index (κ2) is 6.54. The van der Waals surface area contributed by atoms with Crippen molar-refractivity contribution in [2.75, 3.05) is 16.4 Å². The predicted octanol–water partition coefficient (Wildman–Crippen LogP) is 3.19. The first-order valence-corrected chi connectivity index (χ1v) is 7.95. The molecule has 0 heterocycles. The van der Waals surface area contributed by atoms with E-state index in [-0.39, 0.29) is 11.4 Å². The van der Waals surface area contributed by atoms with Crippen LogP contribution in [0.2, 0.25) is 0 Å². The van der Waals surface area contributed by atoms with E-state index in [0.29, 0.717) is 6.07 Å². The molecule has 1 N–H and O–H groups in total. The number of rotatable bonds is 5. The summed E-state index contributed by atoms with van der Waals surface area (Å²) in [6.07, 6.45) is -4.77. The summed E-state index contributed by atoms with van der Waals surface area (Å²) in [5.41, 5.74) is -2.02. The Morgan fingerprint density at radius 3 is 2.52 bits per heavy atom. The van der Waals surface area contributed by atoms with Gasteiger partial charge in [-0.05, 0) is 24.1 Å². The van der Waals surface area contributed by atoms with E-state index in [9.17, 15) is 21.6 Å². The third-order valence-corrected chi connectivity index (χ3v) is 4.55. The minimum Gasteiger partial charge on any atom is -0.283 e. The number of nitrogens with zero attached hydrogens (tertiary/aromatic N) is 1. The molecule has 1 atom stereocenters. The zero-order valence-electron chi connectivity index (χ0n) is 10.9. The first-order chi connectivity index (χ1) is 9.59. The van der Waals surface area contributed by atoms with Crippen LogP contribution in [-0.4, -0.2) is 20.1 Å². The highest BCUT2D eigenvalue weighted by Crippen LogP contribution is 2.36. The van der Waals surface area contributed by atoms with Crippen LogP contribution in [0.4, 0.5) is 18.9 Å². The Labute approximate surface area is 125 Å². The van der Waals surface area contributed by atoms with Crippen molar-refractivity contribution < 1.29 is 21.6 Å². The van der Waals surface area contributed by atoms with Gasteiger partial charge >= 0.3 is 6.18 Å². The van der Waals surface area contributed by atoms with Crippen molar-refractivity contribution in [1.29, 1.82) is 5.26 Å². The summed E-state index contributed by atoms with van der Waals surface area (Å²) < 4.78 is 64.2. The second-order valence-electron chi connectivity index (χ2n) is 4.51. The Morgan fingerprint density at radius 2 is 2.05 bits per heavy atom. The maximum atomic E-state index is 12.9. The molecule has 0 fully saturated rings. The van der Waals surface area contributed by atoms with Crippen LogP contribution in [0.5, 0.6) is 0 Å². The molecule has 1 aromatic rings. The molecular weight excluding hydrogens is 329 g/mol. The molecule has 1 rings (SSSR count). The van der Waals surface area contributed by atoms with Crippen molar-refractivity contribution in [2.45, 2.75) is 13.1 Å². The number of hydrogen-bond donors (Lipinski definition) is 1. The number of alkyl halides is 4. The summed E-state index contributed by atoms with van der Waals surface area (Å²) in [7, 11) is -3.97. The van der Waals surface area contributed by atoms with Gasteiger partial charge < -0.3 is 0 Å². The SMILES string of the molecule is CC(CCl)CS(=O)(=O)Nc1ccc(C#N)cc1C(F)(F)F. The number of anilines is 1. The fraction of sp³-hybridized carbons (Fsp3) is 0.417. The molecule has 1 unspecified atom stereocenters. The lowest BCUT2D eigenvalue weighted by molar-refractivity contribution is -0.136. The quantitative estimate of drug-likeness (QED) is 0.837. The monoisotopic (exact) mass is 340 g/mol. The number of halogens is 4. The summed E-state index contributed by atoms with van der Waals surface area (Å²) in [5.74, 6) is -0.731. The van der Waals surface area contributed by atoms with Crippen LogP contribution >= 0.6 is 11.6 Å². The number of hydrogen-bond acceptors (Lipinski definition) is 3. The van der Waals surface area contributed by atoms with Crippen molar-refractivity contribution >= 4 is 27.3 Å². The topological polar surface area (TPSA) is 70.0 Å². The van der Waals surface area contributed by atoms with Gasteiger partial charge in [0.25, 0.3) is 0 Å². The van der Waals surface area contributed by atoms with E-state index in [2.05, 4.69) is 0 Å². The maximum absolute atomic E-state index is 12.9. The Balaban J connectivity index is 3.17. The van der Waals surface area contributed by atoms with Crippen molar-refractivity contribution in [2.24, 2.45) is 5.92 Å². The van der Waals surface area contributed by atoms with Gasteiger partial charge in [-0.2, -0.15) is 18.4 Å². The summed E-state index contributed by atoms with van der Waals surface area (Å²) in [6, 6.07) is 4.21. The van der Waals surface area contributed by atoms with Gasteiger partial charge in [-0.1, -0.05) is 6.92 Å². The zero-order valence-corrected chi connectivity index (χ0v) is 12.5. The highest BCUT2D eigenvalue weighted by molar-refractivity contribution is 7.92. The van der Waals surface area contributed by atoms with Crippen molar-refractivity contribution in [1.82, 2.24) is 0 Å². The van der Waals surface area contributed by atoms with Gasteiger partial charge in [-0.3, -0.25) is 4.72 Å². The Kier molecular flexibility index (Phi) is 5.48. The summed E-state index contributed by atoms with van der Waals surface area (Å²) in [6.45, 7) is 1.57. The molecule has 0 aromatic heterocycles. The molecule has 4 nitrogen and oxygen atoms in total. The average molecular weight is 341 g/mol. The average Bonchev–Trinajstić information content (AvgIpc) is 2.36. The molecule has 21 heavy (non-hydrogen) atoms. The van der Waals surface area contributed by atoms with Gasteiger partial charge in [0, 0.05) is 5.88 Å². The van der Waals surface area contributed by atoms with E-state index < -0.39 is 39.1 Å². The number of nitrogens with one attached hydrogen (secondary N) is 1. The van der Waals surface area contributed by atoms with Gasteiger partial charge in [0.05, 0.1) is 28.6 Å². The van der Waals surface area contributed by atoms with Crippen molar-refractivity contribution in [3.63, 3.8) is 0 Å². The standard InChI is InChI=1S/C12H12ClF3N2O2S/c1-8(5-13)7-21(19,20)18-11-3-2-9(6-17)4-10(11)12(14,15)16/h2-4,8,18H,5,7H2,1H3. The van der Waals surface area contributed by atoms with Crippen LogP contribution in [-0.2, 0) is 16.2 Å². The molecule has 0 aliphatic carbocycles. The number of nitriles is 1. The normalized spacial score (nSPS) is 13.5. The van der Waals surface area contributed by atoms with Gasteiger partial charge in [0.1, 0.15) is 0 Å². The molecule has 1 aromatic carbocycles. The lowest BCUT2D eigenvalue weighted by Crippen LogP contribution is -2.23. The van der Waals surface area contributed by atoms with Crippen molar-refractivity contribution in [3.8, 4) is 6.07 Å². The Hall–Kier alpha value is -1.46. The van der Waals surface area contributed by atoms with Gasteiger partial charge in [0.2, 0.25) is 10.0 Å². The fourth-order valence-corrected chi connectivity index (χ4v) is 3.27. The largest absolute Gasteiger partial charge is 0.418 e. The van der Waals surface area contributed by atoms with Crippen LogP contribution in [0, 0.1) is 17.2 Å². The van der Waals surface area contributed by atoms with Crippen LogP contribution in [0.3, 0.4) is 0 Å². The van der Waals surface area contributed by atoms with Crippen LogP contribution in [0.25, 0.3) is 0 Å². The lowest BCUT2D eigenvalue weighted by Gasteiger charge is -2.16. The molecule has 0 saturated heterocycles. The first kappa shape index (κ1) is 17.6. The van der Waals surface area contributed by atoms with E-state index in [4.69, 9.17) is 16.9 Å². The second-order valence-corrected chi connectivity index (χ2v) is 6.59. The highest BCUT2D eigenvalue weighted by Gasteiger charge is 2.35. The van der Waals surface area contributed by atoms with E-state index in [1.807, 2.05) is 4.72 Å². The van der Waals surface area contributed by atoms with E-state index in [1.165, 1.54) is 0 Å². The number of benzene rings is 1. The van der Waals surface area contributed by atoms with E-state index >= 15 is 0 Å². The lowest BCUT2D eigenvalue weighted by atomic mass is 10.1.